The van der Waals surface area contributed by atoms with Gasteiger partial charge in [-0.15, -0.1) is 22.7 Å². The molecular weight excluding hydrogens is 607 g/mol. The van der Waals surface area contributed by atoms with Crippen LogP contribution in [0.4, 0.5) is 34.1 Å². The molecule has 0 saturated carbocycles. The smallest absolute Gasteiger partial charge is 0.277 e. The monoisotopic (exact) mass is 644 g/mol. The van der Waals surface area contributed by atoms with E-state index in [1.165, 1.54) is 80.4 Å². The third-order valence-corrected chi connectivity index (χ3v) is 12.4. The van der Waals surface area contributed by atoms with Crippen LogP contribution in [0.15, 0.2) is 115 Å². The summed E-state index contributed by atoms with van der Waals surface area (Å²) in [7, 11) is 0. The molecule has 0 aliphatic carbocycles. The van der Waals surface area contributed by atoms with Crippen molar-refractivity contribution in [1.29, 1.82) is 0 Å². The molecule has 2 nitrogen and oxygen atoms in total. The van der Waals surface area contributed by atoms with Gasteiger partial charge in [0.2, 0.25) is 0 Å². The van der Waals surface area contributed by atoms with Gasteiger partial charge in [-0.05, 0) is 76.0 Å². The third-order valence-electron chi connectivity index (χ3n) is 9.98. The molecule has 230 valence electrons. The summed E-state index contributed by atoms with van der Waals surface area (Å²) in [4.78, 5) is 5.10. The van der Waals surface area contributed by atoms with E-state index in [9.17, 15) is 0 Å². The van der Waals surface area contributed by atoms with Gasteiger partial charge in [-0.2, -0.15) is 0 Å². The van der Waals surface area contributed by atoms with Gasteiger partial charge in [0.25, 0.3) is 6.71 Å². The van der Waals surface area contributed by atoms with Crippen LogP contribution in [-0.4, -0.2) is 6.71 Å². The Morgan fingerprint density at radius 2 is 0.872 bits per heavy atom. The fourth-order valence-corrected chi connectivity index (χ4v) is 10.3. The van der Waals surface area contributed by atoms with E-state index in [1.807, 2.05) is 22.7 Å². The van der Waals surface area contributed by atoms with E-state index in [-0.39, 0.29) is 17.5 Å². The molecule has 7 aromatic rings. The molecule has 5 heteroatoms. The quantitative estimate of drug-likeness (QED) is 0.173. The van der Waals surface area contributed by atoms with Crippen LogP contribution < -0.4 is 24.8 Å². The summed E-state index contributed by atoms with van der Waals surface area (Å²) in [6.07, 6.45) is 0. The van der Waals surface area contributed by atoms with E-state index in [0.717, 1.165) is 0 Å². The maximum atomic E-state index is 2.55. The lowest BCUT2D eigenvalue weighted by Crippen LogP contribution is -2.59. The van der Waals surface area contributed by atoms with Gasteiger partial charge in [0, 0.05) is 52.5 Å². The highest BCUT2D eigenvalue weighted by Crippen LogP contribution is 2.50. The van der Waals surface area contributed by atoms with Crippen molar-refractivity contribution in [2.24, 2.45) is 0 Å². The van der Waals surface area contributed by atoms with Crippen LogP contribution in [0, 0.1) is 0 Å². The molecule has 0 unspecified atom stereocenters. The van der Waals surface area contributed by atoms with Crippen LogP contribution in [-0.2, 0) is 10.8 Å². The number of anilines is 6. The number of benzene rings is 5. The van der Waals surface area contributed by atoms with Crippen LogP contribution in [0.25, 0.3) is 20.2 Å². The van der Waals surface area contributed by atoms with Gasteiger partial charge in [-0.3, -0.25) is 0 Å². The van der Waals surface area contributed by atoms with Crippen molar-refractivity contribution in [2.75, 3.05) is 9.80 Å². The fraction of sp³-hybridized carbons (Fsp3) is 0.190. The number of nitrogens with zero attached hydrogens (tertiary/aromatic N) is 2. The molecule has 0 bridgehead atoms. The van der Waals surface area contributed by atoms with Gasteiger partial charge in [-0.25, -0.2) is 0 Å². The zero-order valence-corrected chi connectivity index (χ0v) is 29.4. The van der Waals surface area contributed by atoms with Gasteiger partial charge < -0.3 is 9.80 Å². The maximum Gasteiger partial charge on any atom is 0.277 e. The summed E-state index contributed by atoms with van der Waals surface area (Å²) in [6.45, 7) is 13.9. The topological polar surface area (TPSA) is 6.48 Å². The second kappa shape index (κ2) is 10.1. The Hall–Kier alpha value is -4.32. The molecule has 0 N–H and O–H groups in total. The van der Waals surface area contributed by atoms with Gasteiger partial charge in [-0.1, -0.05) is 108 Å². The molecule has 0 fully saturated rings. The van der Waals surface area contributed by atoms with Gasteiger partial charge >= 0.3 is 0 Å². The van der Waals surface area contributed by atoms with Crippen molar-refractivity contribution in [3.05, 3.63) is 126 Å². The van der Waals surface area contributed by atoms with E-state index in [1.54, 1.807) is 0 Å². The molecule has 0 amide bonds. The summed E-state index contributed by atoms with van der Waals surface area (Å²) in [6, 6.07) is 43.5. The Morgan fingerprint density at radius 1 is 0.468 bits per heavy atom. The molecule has 4 heterocycles. The average Bonchev–Trinajstić information content (AvgIpc) is 3.63. The van der Waals surface area contributed by atoms with Crippen molar-refractivity contribution in [3.8, 4) is 0 Å². The van der Waals surface area contributed by atoms with Crippen LogP contribution in [0.3, 0.4) is 0 Å². The van der Waals surface area contributed by atoms with Crippen LogP contribution in [0.2, 0.25) is 0 Å². The molecule has 2 aromatic heterocycles. The Labute approximate surface area is 286 Å². The average molecular weight is 645 g/mol. The second-order valence-electron chi connectivity index (χ2n) is 15.0. The SMILES string of the molecule is CC(C)(C)c1ccc(N2c3cccc4c3B(c3sc5ccccc5c32)c2sc3ccccc3c2N4c2ccc(C(C)(C)C)cc2)cc1. The first-order valence-corrected chi connectivity index (χ1v) is 18.2. The molecule has 0 spiro atoms. The number of fused-ring (bicyclic) bond motifs is 8. The van der Waals surface area contributed by atoms with Crippen LogP contribution in [0.5, 0.6) is 0 Å². The molecule has 0 radical (unpaired) electrons. The van der Waals surface area contributed by atoms with Crippen molar-refractivity contribution < 1.29 is 0 Å². The highest BCUT2D eigenvalue weighted by molar-refractivity contribution is 7.40. The molecule has 47 heavy (non-hydrogen) atoms. The number of thiophene rings is 2. The molecule has 0 saturated heterocycles. The number of rotatable bonds is 2. The van der Waals surface area contributed by atoms with E-state index in [0.29, 0.717) is 0 Å². The van der Waals surface area contributed by atoms with Gasteiger partial charge in [0.1, 0.15) is 0 Å². The molecule has 9 rings (SSSR count). The highest BCUT2D eigenvalue weighted by Gasteiger charge is 2.46. The minimum Gasteiger partial charge on any atom is -0.310 e. The maximum absolute atomic E-state index is 2.55. The predicted octanol–water partition coefficient (Wildman–Crippen LogP) is 10.8. The molecular formula is C42H37BN2S2. The molecule has 0 atom stereocenters. The summed E-state index contributed by atoms with van der Waals surface area (Å²) in [5.41, 5.74) is 11.9. The van der Waals surface area contributed by atoms with Crippen molar-refractivity contribution >= 4 is 98.7 Å². The van der Waals surface area contributed by atoms with E-state index in [2.05, 4.69) is 167 Å². The zero-order valence-electron chi connectivity index (χ0n) is 27.8. The summed E-state index contributed by atoms with van der Waals surface area (Å²) in [5.74, 6) is 0. The fourth-order valence-electron chi connectivity index (χ4n) is 7.56. The Kier molecular flexibility index (Phi) is 6.20. The normalized spacial score (nSPS) is 14.0. The summed E-state index contributed by atoms with van der Waals surface area (Å²) >= 11 is 3.93. The Bertz CT molecular complexity index is 2170. The molecule has 5 aromatic carbocycles. The van der Waals surface area contributed by atoms with Gasteiger partial charge in [0.05, 0.1) is 11.4 Å². The minimum atomic E-state index is 0.0955. The standard InChI is InChI=1S/C42H37BN2S2/c1-41(2,3)26-18-22-28(23-19-26)44-32-14-11-15-33-36(32)43(39-37(44)30-12-7-9-16-34(30)46-39)40-38(31-13-8-10-17-35(31)47-40)45(33)29-24-20-27(21-25-29)42(4,5)6/h7-25H,1-6H3. The number of hydrogen-bond acceptors (Lipinski definition) is 4. The minimum absolute atomic E-state index is 0.0955. The number of hydrogen-bond donors (Lipinski definition) is 0. The van der Waals surface area contributed by atoms with E-state index in [4.69, 9.17) is 0 Å². The van der Waals surface area contributed by atoms with Crippen molar-refractivity contribution in [2.45, 2.75) is 52.4 Å². The zero-order chi connectivity index (χ0) is 32.2. The highest BCUT2D eigenvalue weighted by atomic mass is 32.1. The van der Waals surface area contributed by atoms with Crippen molar-refractivity contribution in [1.82, 2.24) is 0 Å². The lowest BCUT2D eigenvalue weighted by molar-refractivity contribution is 0.590. The summed E-state index contributed by atoms with van der Waals surface area (Å²) in [5, 5.41) is 2.65. The first-order valence-electron chi connectivity index (χ1n) is 16.6. The largest absolute Gasteiger partial charge is 0.310 e. The third kappa shape index (κ3) is 4.29. The van der Waals surface area contributed by atoms with Crippen molar-refractivity contribution in [3.63, 3.8) is 0 Å². The second-order valence-corrected chi connectivity index (χ2v) is 17.2. The molecule has 2 aliphatic heterocycles. The lowest BCUT2D eigenvalue weighted by atomic mass is 9.39. The van der Waals surface area contributed by atoms with E-state index >= 15 is 0 Å². The Balaban J connectivity index is 1.35. The predicted molar refractivity (Wildman–Crippen MR) is 209 cm³/mol. The first-order chi connectivity index (χ1) is 22.6. The Morgan fingerprint density at radius 3 is 1.28 bits per heavy atom. The van der Waals surface area contributed by atoms with Gasteiger partial charge in [0.15, 0.2) is 0 Å². The van der Waals surface area contributed by atoms with Crippen LogP contribution in [0.1, 0.15) is 52.7 Å². The molecule has 2 aliphatic rings. The summed E-state index contributed by atoms with van der Waals surface area (Å²) < 4.78 is 5.54. The van der Waals surface area contributed by atoms with E-state index < -0.39 is 0 Å². The van der Waals surface area contributed by atoms with Crippen LogP contribution >= 0.6 is 22.7 Å². The lowest BCUT2D eigenvalue weighted by Gasteiger charge is -2.42. The first kappa shape index (κ1) is 28.9.